The number of rotatable bonds is 4. The van der Waals surface area contributed by atoms with Crippen molar-refractivity contribution in [3.63, 3.8) is 0 Å². The van der Waals surface area contributed by atoms with Crippen LogP contribution in [0, 0.1) is 29.3 Å². The van der Waals surface area contributed by atoms with Gasteiger partial charge in [-0.15, -0.1) is 18.3 Å². The summed E-state index contributed by atoms with van der Waals surface area (Å²) in [6.07, 6.45) is -3.17. The summed E-state index contributed by atoms with van der Waals surface area (Å²) in [5, 5.41) is -0.725. The Morgan fingerprint density at radius 2 is 1.62 bits per heavy atom. The van der Waals surface area contributed by atoms with Crippen molar-refractivity contribution in [2.45, 2.75) is 11.1 Å². The molecule has 0 aliphatic carbocycles. The highest BCUT2D eigenvalue weighted by Gasteiger charge is 2.24. The Morgan fingerprint density at radius 1 is 0.931 bits per heavy atom. The molecule has 0 N–H and O–H groups in total. The van der Waals surface area contributed by atoms with Crippen molar-refractivity contribution in [3.8, 4) is 23.0 Å². The van der Waals surface area contributed by atoms with Gasteiger partial charge in [0.05, 0.1) is 10.9 Å². The van der Waals surface area contributed by atoms with Gasteiger partial charge in [-0.1, -0.05) is 24.1 Å². The summed E-state index contributed by atoms with van der Waals surface area (Å²) in [5.41, 5.74) is -0.122. The first-order valence-corrected chi connectivity index (χ1v) is 9.23. The van der Waals surface area contributed by atoms with Gasteiger partial charge in [-0.3, -0.25) is 0 Å². The van der Waals surface area contributed by atoms with Crippen molar-refractivity contribution in [1.29, 1.82) is 0 Å². The molecular formula is C22H12F6S. The summed E-state index contributed by atoms with van der Waals surface area (Å²) in [7, 11) is 0. The minimum Gasteiger partial charge on any atom is -0.206 e. The summed E-state index contributed by atoms with van der Waals surface area (Å²) in [5.74, 6) is -0.838. The average Bonchev–Trinajstić information content (AvgIpc) is 2.65. The molecule has 0 aliphatic heterocycles. The van der Waals surface area contributed by atoms with E-state index in [9.17, 15) is 26.3 Å². The Kier molecular flexibility index (Phi) is 5.94. The average molecular weight is 422 g/mol. The smallest absolute Gasteiger partial charge is 0.206 e. The van der Waals surface area contributed by atoms with Crippen LogP contribution < -0.4 is 0 Å². The summed E-state index contributed by atoms with van der Waals surface area (Å²) in [6.45, 7) is 3.64. The van der Waals surface area contributed by atoms with E-state index in [4.69, 9.17) is 0 Å². The third-order valence-corrected chi connectivity index (χ3v) is 4.97. The van der Waals surface area contributed by atoms with Gasteiger partial charge in [0.1, 0.15) is 11.6 Å². The van der Waals surface area contributed by atoms with E-state index in [1.165, 1.54) is 12.0 Å². The van der Waals surface area contributed by atoms with Gasteiger partial charge < -0.3 is 0 Å². The zero-order valence-electron chi connectivity index (χ0n) is 14.7. The fraction of sp³-hybridized carbons (Fsp3) is 0.0909. The van der Waals surface area contributed by atoms with Crippen LogP contribution in [0.15, 0.2) is 60.0 Å². The maximum atomic E-state index is 14.6. The van der Waals surface area contributed by atoms with E-state index < -0.39 is 34.6 Å². The molecule has 0 atom stereocenters. The lowest BCUT2D eigenvalue weighted by Crippen LogP contribution is -2.03. The van der Waals surface area contributed by atoms with Gasteiger partial charge in [0.2, 0.25) is 0 Å². The molecule has 148 valence electrons. The molecule has 3 aromatic rings. The molecule has 0 saturated carbocycles. The van der Waals surface area contributed by atoms with Crippen molar-refractivity contribution in [2.24, 2.45) is 0 Å². The van der Waals surface area contributed by atoms with Gasteiger partial charge in [-0.25, -0.2) is 13.2 Å². The predicted octanol–water partition coefficient (Wildman–Crippen LogP) is 7.12. The second-order valence-electron chi connectivity index (χ2n) is 5.98. The molecule has 0 fully saturated rings. The van der Waals surface area contributed by atoms with Crippen molar-refractivity contribution in [1.82, 2.24) is 0 Å². The molecule has 0 heterocycles. The fourth-order valence-electron chi connectivity index (χ4n) is 2.73. The summed E-state index contributed by atoms with van der Waals surface area (Å²) in [6, 6.07) is 10.3. The highest BCUT2D eigenvalue weighted by molar-refractivity contribution is 7.99. The minimum absolute atomic E-state index is 0.113. The number of fused-ring (bicyclic) bond motifs is 1. The lowest BCUT2D eigenvalue weighted by Gasteiger charge is -2.09. The molecule has 0 aromatic heterocycles. The van der Waals surface area contributed by atoms with Gasteiger partial charge in [-0.2, -0.15) is 13.2 Å². The van der Waals surface area contributed by atoms with Gasteiger partial charge in [0.25, 0.3) is 0 Å². The van der Waals surface area contributed by atoms with Crippen molar-refractivity contribution in [2.75, 3.05) is 5.75 Å². The number of benzene rings is 3. The number of halogens is 6. The van der Waals surface area contributed by atoms with Gasteiger partial charge in [0, 0.05) is 16.6 Å². The Balaban J connectivity index is 2.08. The number of hydrogen-bond acceptors (Lipinski definition) is 1. The maximum Gasteiger partial charge on any atom is 0.458 e. The predicted molar refractivity (Wildman–Crippen MR) is 103 cm³/mol. The van der Waals surface area contributed by atoms with E-state index in [0.717, 1.165) is 28.7 Å². The Morgan fingerprint density at radius 3 is 2.24 bits per heavy atom. The standard InChI is InChI=1S/C22H12F6S/c1-2-9-29-16-5-3-13(4-6-16)14-10-15-12-18(23)17(7-8-22(26,27)28)21(25)20(15)19(24)11-14/h2-6,10-12H,1,9H2. The molecule has 0 bridgehead atoms. The summed E-state index contributed by atoms with van der Waals surface area (Å²) < 4.78 is 79.9. The second kappa shape index (κ2) is 8.26. The monoisotopic (exact) mass is 422 g/mol. The zero-order valence-corrected chi connectivity index (χ0v) is 15.5. The van der Waals surface area contributed by atoms with E-state index in [1.54, 1.807) is 30.0 Å². The van der Waals surface area contributed by atoms with Crippen LogP contribution in [-0.4, -0.2) is 11.9 Å². The number of thioether (sulfide) groups is 1. The van der Waals surface area contributed by atoms with E-state index in [1.807, 2.05) is 12.1 Å². The SMILES string of the molecule is C=CCSc1ccc(-c2cc(F)c3c(F)c(C#CC(F)(F)F)c(F)cc3c2)cc1. The zero-order chi connectivity index (χ0) is 21.2. The Bertz CT molecular complexity index is 1130. The van der Waals surface area contributed by atoms with E-state index in [0.29, 0.717) is 11.1 Å². The molecule has 0 radical (unpaired) electrons. The van der Waals surface area contributed by atoms with E-state index in [-0.39, 0.29) is 5.39 Å². The van der Waals surface area contributed by atoms with E-state index in [2.05, 4.69) is 6.58 Å². The van der Waals surface area contributed by atoms with E-state index >= 15 is 0 Å². The third kappa shape index (κ3) is 4.77. The lowest BCUT2D eigenvalue weighted by atomic mass is 9.98. The van der Waals surface area contributed by atoms with Gasteiger partial charge in [-0.05, 0) is 46.8 Å². The topological polar surface area (TPSA) is 0 Å². The lowest BCUT2D eigenvalue weighted by molar-refractivity contribution is -0.0696. The Hall–Kier alpha value is -2.85. The maximum absolute atomic E-state index is 14.6. The summed E-state index contributed by atoms with van der Waals surface area (Å²) >= 11 is 1.56. The van der Waals surface area contributed by atoms with Crippen LogP contribution in [-0.2, 0) is 0 Å². The molecule has 7 heteroatoms. The van der Waals surface area contributed by atoms with Crippen LogP contribution in [0.4, 0.5) is 26.3 Å². The molecule has 0 unspecified atom stereocenters. The molecule has 0 nitrogen and oxygen atoms in total. The number of hydrogen-bond donors (Lipinski definition) is 0. The third-order valence-electron chi connectivity index (χ3n) is 3.97. The Labute approximate surface area is 167 Å². The molecule has 29 heavy (non-hydrogen) atoms. The molecule has 3 aromatic carbocycles. The summed E-state index contributed by atoms with van der Waals surface area (Å²) in [4.78, 5) is 0.972. The number of alkyl halides is 3. The van der Waals surface area contributed by atoms with Crippen molar-refractivity contribution < 1.29 is 26.3 Å². The molecule has 3 rings (SSSR count). The quantitative estimate of drug-likeness (QED) is 0.187. The highest BCUT2D eigenvalue weighted by atomic mass is 32.2. The fourth-order valence-corrected chi connectivity index (χ4v) is 3.36. The highest BCUT2D eigenvalue weighted by Crippen LogP contribution is 2.32. The molecule has 0 spiro atoms. The van der Waals surface area contributed by atoms with Crippen LogP contribution in [0.3, 0.4) is 0 Å². The first kappa shape index (κ1) is 20.9. The van der Waals surface area contributed by atoms with Crippen LogP contribution in [0.1, 0.15) is 5.56 Å². The van der Waals surface area contributed by atoms with Crippen molar-refractivity contribution >= 4 is 22.5 Å². The first-order chi connectivity index (χ1) is 13.7. The largest absolute Gasteiger partial charge is 0.458 e. The molecule has 0 saturated heterocycles. The van der Waals surface area contributed by atoms with Crippen LogP contribution in [0.2, 0.25) is 0 Å². The van der Waals surface area contributed by atoms with Crippen LogP contribution in [0.5, 0.6) is 0 Å². The van der Waals surface area contributed by atoms with Crippen LogP contribution >= 0.6 is 11.8 Å². The first-order valence-electron chi connectivity index (χ1n) is 8.25. The van der Waals surface area contributed by atoms with Crippen molar-refractivity contribution in [3.05, 3.63) is 78.1 Å². The van der Waals surface area contributed by atoms with Gasteiger partial charge in [0.15, 0.2) is 5.82 Å². The molecular weight excluding hydrogens is 410 g/mol. The normalized spacial score (nSPS) is 11.2. The molecule has 0 aliphatic rings. The van der Waals surface area contributed by atoms with Crippen LogP contribution in [0.25, 0.3) is 21.9 Å². The van der Waals surface area contributed by atoms with Gasteiger partial charge >= 0.3 is 6.18 Å². The minimum atomic E-state index is -4.92. The second-order valence-corrected chi connectivity index (χ2v) is 7.07. The molecule has 0 amide bonds.